The molecule has 2 heterocycles. The summed E-state index contributed by atoms with van der Waals surface area (Å²) >= 11 is 1.21. The van der Waals surface area contributed by atoms with E-state index in [0.717, 1.165) is 27.5 Å². The normalized spacial score (nSPS) is 11.5. The van der Waals surface area contributed by atoms with Gasteiger partial charge < -0.3 is 9.46 Å². The number of ether oxygens (including phenoxy) is 1. The van der Waals surface area contributed by atoms with Crippen molar-refractivity contribution in [2.24, 2.45) is 0 Å². The van der Waals surface area contributed by atoms with E-state index in [2.05, 4.69) is 14.7 Å². The molecule has 0 radical (unpaired) electrons. The Balaban J connectivity index is 1.74. The predicted molar refractivity (Wildman–Crippen MR) is 98.8 cm³/mol. The van der Waals surface area contributed by atoms with E-state index in [-0.39, 0.29) is 11.9 Å². The Morgan fingerprint density at radius 2 is 1.92 bits per heavy atom. The molecule has 26 heavy (non-hydrogen) atoms. The third-order valence-corrected chi connectivity index (χ3v) is 4.79. The van der Waals surface area contributed by atoms with Crippen LogP contribution >= 0.6 is 23.3 Å². The number of rotatable bonds is 6. The molecule has 0 atom stereocenters. The summed E-state index contributed by atoms with van der Waals surface area (Å²) in [5.74, 6) is 0. The molecule has 0 saturated heterocycles. The van der Waals surface area contributed by atoms with Crippen LogP contribution in [-0.2, 0) is 11.3 Å². The monoisotopic (exact) mass is 397 g/mol. The van der Waals surface area contributed by atoms with Crippen LogP contribution in [0.2, 0.25) is 0 Å². The van der Waals surface area contributed by atoms with Crippen LogP contribution < -0.4 is 4.72 Å². The summed E-state index contributed by atoms with van der Waals surface area (Å²) in [4.78, 5) is 8.84. The fourth-order valence-electron chi connectivity index (χ4n) is 2.20. The Hall–Kier alpha value is -2.10. The first-order chi connectivity index (χ1) is 12.4. The Morgan fingerprint density at radius 1 is 1.15 bits per heavy atom. The molecule has 9 heteroatoms. The van der Waals surface area contributed by atoms with Gasteiger partial charge in [0.25, 0.3) is 0 Å². The van der Waals surface area contributed by atoms with E-state index in [4.69, 9.17) is 4.74 Å². The lowest BCUT2D eigenvalue weighted by molar-refractivity contribution is -0.0323. The molecule has 0 aliphatic rings. The van der Waals surface area contributed by atoms with Gasteiger partial charge in [0.05, 0.1) is 29.9 Å². The molecule has 3 aromatic rings. The number of methoxy groups -OCH3 is 1. The van der Waals surface area contributed by atoms with Crippen LogP contribution in [-0.4, -0.2) is 22.6 Å². The molecule has 0 fully saturated rings. The molecule has 0 spiro atoms. The number of benzene rings is 1. The maximum absolute atomic E-state index is 12.2. The van der Waals surface area contributed by atoms with Gasteiger partial charge in [0.1, 0.15) is 5.01 Å². The number of hydrogen-bond donors (Lipinski definition) is 1. The van der Waals surface area contributed by atoms with E-state index >= 15 is 0 Å². The van der Waals surface area contributed by atoms with Crippen LogP contribution in [0.3, 0.4) is 0 Å². The van der Waals surface area contributed by atoms with Crippen molar-refractivity contribution in [1.82, 2.24) is 9.97 Å². The predicted octanol–water partition coefficient (Wildman–Crippen LogP) is 5.60. The molecular formula is C17H14F3N3OS2. The molecule has 1 aromatic carbocycles. The highest BCUT2D eigenvalue weighted by Crippen LogP contribution is 2.33. The first-order valence-electron chi connectivity index (χ1n) is 7.45. The summed E-state index contributed by atoms with van der Waals surface area (Å²) in [6.07, 6.45) is 1.71. The molecule has 0 aliphatic heterocycles. The molecule has 0 saturated carbocycles. The first-order valence-corrected chi connectivity index (χ1v) is 9.15. The molecule has 4 nitrogen and oxygen atoms in total. The number of hydrogen-bond acceptors (Lipinski definition) is 6. The van der Waals surface area contributed by atoms with Gasteiger partial charge in [-0.2, -0.15) is 13.2 Å². The van der Waals surface area contributed by atoms with E-state index in [9.17, 15) is 13.2 Å². The van der Waals surface area contributed by atoms with Crippen molar-refractivity contribution >= 4 is 29.0 Å². The van der Waals surface area contributed by atoms with Gasteiger partial charge in [-0.1, -0.05) is 12.1 Å². The molecule has 0 amide bonds. The largest absolute Gasteiger partial charge is 0.461 e. The maximum atomic E-state index is 12.2. The van der Waals surface area contributed by atoms with Crippen molar-refractivity contribution in [3.8, 4) is 21.8 Å². The minimum Gasteiger partial charge on any atom is -0.378 e. The molecular weight excluding hydrogens is 383 g/mol. The molecule has 0 bridgehead atoms. The van der Waals surface area contributed by atoms with Crippen molar-refractivity contribution in [2.45, 2.75) is 12.1 Å². The summed E-state index contributed by atoms with van der Waals surface area (Å²) in [5, 5.41) is 2.76. The average molecular weight is 397 g/mol. The van der Waals surface area contributed by atoms with Crippen molar-refractivity contribution < 1.29 is 17.9 Å². The van der Waals surface area contributed by atoms with Crippen molar-refractivity contribution in [1.29, 1.82) is 0 Å². The van der Waals surface area contributed by atoms with Crippen LogP contribution in [0.25, 0.3) is 21.8 Å². The van der Waals surface area contributed by atoms with Gasteiger partial charge >= 0.3 is 5.51 Å². The second-order valence-corrected chi connectivity index (χ2v) is 6.96. The fraction of sp³-hybridized carbons (Fsp3) is 0.176. The smallest absolute Gasteiger partial charge is 0.378 e. The van der Waals surface area contributed by atoms with Gasteiger partial charge in [0.2, 0.25) is 0 Å². The van der Waals surface area contributed by atoms with E-state index < -0.39 is 5.51 Å². The average Bonchev–Trinajstić information content (AvgIpc) is 3.10. The summed E-state index contributed by atoms with van der Waals surface area (Å²) in [5.41, 5.74) is -0.576. The Morgan fingerprint density at radius 3 is 2.62 bits per heavy atom. The maximum Gasteiger partial charge on any atom is 0.461 e. The van der Waals surface area contributed by atoms with Gasteiger partial charge in [0.15, 0.2) is 0 Å². The number of nitrogens with zero attached hydrogens (tertiary/aromatic N) is 2. The van der Waals surface area contributed by atoms with E-state index in [0.29, 0.717) is 12.3 Å². The number of pyridine rings is 1. The van der Waals surface area contributed by atoms with Crippen molar-refractivity contribution in [3.05, 3.63) is 53.7 Å². The van der Waals surface area contributed by atoms with Crippen LogP contribution in [0, 0.1) is 0 Å². The van der Waals surface area contributed by atoms with Gasteiger partial charge in [-0.25, -0.2) is 4.98 Å². The van der Waals surface area contributed by atoms with E-state index in [1.165, 1.54) is 11.3 Å². The van der Waals surface area contributed by atoms with E-state index in [1.807, 2.05) is 17.5 Å². The Labute approximate surface area is 156 Å². The lowest BCUT2D eigenvalue weighted by atomic mass is 10.1. The fourth-order valence-corrected chi connectivity index (χ4v) is 3.40. The standard InChI is InChI=1S/C17H14F3N3OS2/c1-24-9-14-8-12(6-7-21-14)16-22-15(10-25-16)11-2-4-13(5-3-11)23-26-17(18,19)20/h2-8,10,23H,9H2,1H3. The molecule has 3 rings (SSSR count). The second kappa shape index (κ2) is 8.07. The van der Waals surface area contributed by atoms with Gasteiger partial charge in [-0.05, 0) is 24.3 Å². The highest BCUT2D eigenvalue weighted by Gasteiger charge is 2.28. The Kier molecular flexibility index (Phi) is 5.80. The Bertz CT molecular complexity index is 866. The number of aromatic nitrogens is 2. The molecule has 0 aliphatic carbocycles. The highest BCUT2D eigenvalue weighted by atomic mass is 32.2. The van der Waals surface area contributed by atoms with Crippen LogP contribution in [0.1, 0.15) is 5.69 Å². The van der Waals surface area contributed by atoms with Crippen molar-refractivity contribution in [3.63, 3.8) is 0 Å². The van der Waals surface area contributed by atoms with E-state index in [1.54, 1.807) is 37.6 Å². The minimum absolute atomic E-state index is 0.285. The quantitative estimate of drug-likeness (QED) is 0.549. The number of halogens is 3. The van der Waals surface area contributed by atoms with Gasteiger partial charge in [-0.15, -0.1) is 11.3 Å². The molecule has 136 valence electrons. The minimum atomic E-state index is -4.32. The third kappa shape index (κ3) is 4.96. The lowest BCUT2D eigenvalue weighted by Gasteiger charge is -2.08. The SMILES string of the molecule is COCc1cc(-c2nc(-c3ccc(NSC(F)(F)F)cc3)cs2)ccn1. The summed E-state index contributed by atoms with van der Waals surface area (Å²) < 4.78 is 44.0. The van der Waals surface area contributed by atoms with Gasteiger partial charge in [-0.3, -0.25) is 4.98 Å². The zero-order valence-electron chi connectivity index (χ0n) is 13.6. The van der Waals surface area contributed by atoms with Crippen LogP contribution in [0.4, 0.5) is 18.9 Å². The molecule has 0 unspecified atom stereocenters. The summed E-state index contributed by atoms with van der Waals surface area (Å²) in [7, 11) is 1.61. The summed E-state index contributed by atoms with van der Waals surface area (Å²) in [6.45, 7) is 0.427. The molecule has 2 aromatic heterocycles. The zero-order chi connectivity index (χ0) is 18.6. The molecule has 1 N–H and O–H groups in total. The number of nitrogens with one attached hydrogen (secondary N) is 1. The summed E-state index contributed by atoms with van der Waals surface area (Å²) in [6, 6.07) is 10.5. The third-order valence-electron chi connectivity index (χ3n) is 3.33. The number of anilines is 1. The highest BCUT2D eigenvalue weighted by molar-refractivity contribution is 8.01. The second-order valence-electron chi connectivity index (χ2n) is 5.23. The number of alkyl halides is 3. The first kappa shape index (κ1) is 18.7. The number of thiazole rings is 1. The van der Waals surface area contributed by atoms with Crippen LogP contribution in [0.5, 0.6) is 0 Å². The van der Waals surface area contributed by atoms with Crippen LogP contribution in [0.15, 0.2) is 48.0 Å². The van der Waals surface area contributed by atoms with Gasteiger partial charge in [0, 0.05) is 35.5 Å². The topological polar surface area (TPSA) is 47.0 Å². The van der Waals surface area contributed by atoms with Crippen molar-refractivity contribution in [2.75, 3.05) is 11.8 Å². The zero-order valence-corrected chi connectivity index (χ0v) is 15.2. The lowest BCUT2D eigenvalue weighted by Crippen LogP contribution is -2.04.